The first kappa shape index (κ1) is 9.53. The van der Waals surface area contributed by atoms with Gasteiger partial charge in [-0.15, -0.1) is 11.3 Å². The largest absolute Gasteiger partial charge is 0.478 e. The van der Waals surface area contributed by atoms with E-state index in [1.165, 1.54) is 13.2 Å². The van der Waals surface area contributed by atoms with Gasteiger partial charge in [-0.25, -0.2) is 9.59 Å². The van der Waals surface area contributed by atoms with Gasteiger partial charge in [0, 0.05) is 0 Å². The van der Waals surface area contributed by atoms with Crippen molar-refractivity contribution in [3.05, 3.63) is 17.0 Å². The Kier molecular flexibility index (Phi) is 2.86. The molecular weight excluding hydrogens is 194 g/mol. The maximum Gasteiger partial charge on any atom is 0.411 e. The molecule has 0 aliphatic carbocycles. The molecule has 0 bridgehead atoms. The van der Waals surface area contributed by atoms with E-state index in [9.17, 15) is 9.59 Å². The van der Waals surface area contributed by atoms with E-state index in [4.69, 9.17) is 5.11 Å². The van der Waals surface area contributed by atoms with Crippen molar-refractivity contribution in [2.75, 3.05) is 12.4 Å². The van der Waals surface area contributed by atoms with Crippen LogP contribution in [0.15, 0.2) is 11.4 Å². The molecule has 0 spiro atoms. The van der Waals surface area contributed by atoms with Crippen molar-refractivity contribution >= 4 is 28.4 Å². The van der Waals surface area contributed by atoms with Crippen LogP contribution in [0.5, 0.6) is 0 Å². The molecule has 0 aromatic carbocycles. The number of carbonyl (C=O) groups is 2. The molecule has 0 saturated heterocycles. The van der Waals surface area contributed by atoms with Crippen molar-refractivity contribution in [2.45, 2.75) is 0 Å². The molecule has 1 rings (SSSR count). The summed E-state index contributed by atoms with van der Waals surface area (Å²) in [4.78, 5) is 21.3. The lowest BCUT2D eigenvalue weighted by atomic mass is 10.3. The number of carbonyl (C=O) groups excluding carboxylic acids is 1. The van der Waals surface area contributed by atoms with Gasteiger partial charge in [0.15, 0.2) is 0 Å². The van der Waals surface area contributed by atoms with Crippen molar-refractivity contribution in [2.24, 2.45) is 0 Å². The summed E-state index contributed by atoms with van der Waals surface area (Å²) in [5.41, 5.74) is 0.0652. The summed E-state index contributed by atoms with van der Waals surface area (Å²) in [5, 5.41) is 12.8. The predicted octanol–water partition coefficient (Wildman–Crippen LogP) is 1.62. The average molecular weight is 201 g/mol. The van der Waals surface area contributed by atoms with Crippen LogP contribution >= 0.6 is 11.3 Å². The molecule has 13 heavy (non-hydrogen) atoms. The summed E-state index contributed by atoms with van der Waals surface area (Å²) in [6.45, 7) is 0. The minimum Gasteiger partial charge on any atom is -0.478 e. The third kappa shape index (κ3) is 2.19. The third-order valence-corrected chi connectivity index (χ3v) is 2.13. The monoisotopic (exact) mass is 201 g/mol. The molecule has 1 aromatic rings. The van der Waals surface area contributed by atoms with E-state index >= 15 is 0 Å². The van der Waals surface area contributed by atoms with Crippen LogP contribution in [-0.2, 0) is 4.74 Å². The summed E-state index contributed by atoms with van der Waals surface area (Å²) in [5.74, 6) is -1.08. The van der Waals surface area contributed by atoms with Gasteiger partial charge in [0.2, 0.25) is 0 Å². The Labute approximate surface area is 77.9 Å². The summed E-state index contributed by atoms with van der Waals surface area (Å²) < 4.78 is 4.32. The second-order valence-corrected chi connectivity index (χ2v) is 3.00. The lowest BCUT2D eigenvalue weighted by molar-refractivity contribution is 0.0698. The van der Waals surface area contributed by atoms with Gasteiger partial charge in [0.25, 0.3) is 0 Å². The second-order valence-electron chi connectivity index (χ2n) is 2.09. The number of amides is 1. The number of rotatable bonds is 2. The molecule has 0 unspecified atom stereocenters. The lowest BCUT2D eigenvalue weighted by Gasteiger charge is -2.00. The molecule has 6 heteroatoms. The highest BCUT2D eigenvalue weighted by molar-refractivity contribution is 7.14. The number of nitrogens with one attached hydrogen (secondary N) is 1. The fraction of sp³-hybridized carbons (Fsp3) is 0.143. The van der Waals surface area contributed by atoms with Gasteiger partial charge in [-0.2, -0.15) is 0 Å². The van der Waals surface area contributed by atoms with Crippen LogP contribution in [0.3, 0.4) is 0 Å². The van der Waals surface area contributed by atoms with Gasteiger partial charge in [-0.3, -0.25) is 5.32 Å². The summed E-state index contributed by atoms with van der Waals surface area (Å²) in [6, 6.07) is 1.41. The Hall–Kier alpha value is -1.56. The van der Waals surface area contributed by atoms with Crippen LogP contribution in [0.4, 0.5) is 9.80 Å². The van der Waals surface area contributed by atoms with Gasteiger partial charge in [-0.05, 0) is 11.4 Å². The predicted molar refractivity (Wildman–Crippen MR) is 47.3 cm³/mol. The van der Waals surface area contributed by atoms with Crippen molar-refractivity contribution in [3.8, 4) is 0 Å². The number of carboxylic acids is 1. The van der Waals surface area contributed by atoms with E-state index in [2.05, 4.69) is 10.1 Å². The van der Waals surface area contributed by atoms with Crippen LogP contribution in [0.2, 0.25) is 0 Å². The Morgan fingerprint density at radius 1 is 1.62 bits per heavy atom. The molecule has 1 heterocycles. The summed E-state index contributed by atoms with van der Waals surface area (Å²) >= 11 is 1.13. The maximum absolute atomic E-state index is 10.7. The van der Waals surface area contributed by atoms with Gasteiger partial charge < -0.3 is 9.84 Å². The fourth-order valence-corrected chi connectivity index (χ4v) is 1.48. The Morgan fingerprint density at radius 3 is 2.85 bits per heavy atom. The molecule has 0 atom stereocenters. The standard InChI is InChI=1S/C7H7NO4S/c1-12-7(11)8-5-4(6(9)10)2-3-13-5/h2-3H,1H3,(H,8,11)(H,9,10). The first-order valence-electron chi connectivity index (χ1n) is 3.31. The van der Waals surface area contributed by atoms with E-state index in [0.29, 0.717) is 0 Å². The first-order valence-corrected chi connectivity index (χ1v) is 4.19. The Balaban J connectivity index is 2.82. The Bertz CT molecular complexity index is 333. The first-order chi connectivity index (χ1) is 6.15. The zero-order valence-corrected chi connectivity index (χ0v) is 7.55. The van der Waals surface area contributed by atoms with Crippen molar-refractivity contribution in [1.29, 1.82) is 0 Å². The molecule has 0 aliphatic heterocycles. The van der Waals surface area contributed by atoms with E-state index in [0.717, 1.165) is 11.3 Å². The smallest absolute Gasteiger partial charge is 0.411 e. The molecular formula is C7H7NO4S. The number of anilines is 1. The molecule has 5 nitrogen and oxygen atoms in total. The highest BCUT2D eigenvalue weighted by Gasteiger charge is 2.13. The molecule has 70 valence electrons. The molecule has 0 radical (unpaired) electrons. The average Bonchev–Trinajstić information content (AvgIpc) is 2.52. The minimum atomic E-state index is -1.08. The molecule has 0 aliphatic rings. The highest BCUT2D eigenvalue weighted by Crippen LogP contribution is 2.22. The summed E-state index contributed by atoms with van der Waals surface area (Å²) in [7, 11) is 1.21. The van der Waals surface area contributed by atoms with Crippen molar-refractivity contribution in [3.63, 3.8) is 0 Å². The maximum atomic E-state index is 10.7. The van der Waals surface area contributed by atoms with Crippen LogP contribution in [0.1, 0.15) is 10.4 Å². The zero-order chi connectivity index (χ0) is 9.84. The third-order valence-electron chi connectivity index (χ3n) is 1.30. The number of hydrogen-bond acceptors (Lipinski definition) is 4. The van der Waals surface area contributed by atoms with Gasteiger partial charge >= 0.3 is 12.1 Å². The van der Waals surface area contributed by atoms with E-state index in [1.807, 2.05) is 0 Å². The minimum absolute atomic E-state index is 0.0652. The normalized spacial score (nSPS) is 9.31. The van der Waals surface area contributed by atoms with E-state index < -0.39 is 12.1 Å². The van der Waals surface area contributed by atoms with Gasteiger partial charge in [-0.1, -0.05) is 0 Å². The second kappa shape index (κ2) is 3.90. The lowest BCUT2D eigenvalue weighted by Crippen LogP contribution is -2.12. The summed E-state index contributed by atoms with van der Waals surface area (Å²) in [6.07, 6.45) is -0.676. The zero-order valence-electron chi connectivity index (χ0n) is 6.73. The quantitative estimate of drug-likeness (QED) is 0.762. The topological polar surface area (TPSA) is 75.6 Å². The van der Waals surface area contributed by atoms with Crippen LogP contribution in [-0.4, -0.2) is 24.3 Å². The van der Waals surface area contributed by atoms with Crippen molar-refractivity contribution in [1.82, 2.24) is 0 Å². The van der Waals surface area contributed by atoms with E-state index in [1.54, 1.807) is 5.38 Å². The van der Waals surface area contributed by atoms with Gasteiger partial charge in [0.1, 0.15) is 5.00 Å². The highest BCUT2D eigenvalue weighted by atomic mass is 32.1. The number of thiophene rings is 1. The molecule has 1 amide bonds. The van der Waals surface area contributed by atoms with Crippen LogP contribution < -0.4 is 5.32 Å². The SMILES string of the molecule is COC(=O)Nc1sccc1C(=O)O. The Morgan fingerprint density at radius 2 is 2.31 bits per heavy atom. The molecule has 2 N–H and O–H groups in total. The van der Waals surface area contributed by atoms with Crippen LogP contribution in [0.25, 0.3) is 0 Å². The molecule has 1 aromatic heterocycles. The number of carboxylic acid groups (broad SMARTS) is 1. The van der Waals surface area contributed by atoms with Crippen LogP contribution in [0, 0.1) is 0 Å². The number of aromatic carboxylic acids is 1. The fourth-order valence-electron chi connectivity index (χ4n) is 0.718. The molecule has 0 fully saturated rings. The molecule has 0 saturated carbocycles. The number of methoxy groups -OCH3 is 1. The number of ether oxygens (including phenoxy) is 1. The van der Waals surface area contributed by atoms with Gasteiger partial charge in [0.05, 0.1) is 12.7 Å². The number of hydrogen-bond donors (Lipinski definition) is 2. The van der Waals surface area contributed by atoms with Crippen molar-refractivity contribution < 1.29 is 19.4 Å². The van der Waals surface area contributed by atoms with E-state index in [-0.39, 0.29) is 10.6 Å².